The van der Waals surface area contributed by atoms with E-state index in [4.69, 9.17) is 23.8 Å². The van der Waals surface area contributed by atoms with Crippen LogP contribution in [0.5, 0.6) is 0 Å². The lowest BCUT2D eigenvalue weighted by molar-refractivity contribution is -0.387. The molecule has 0 atom stereocenters. The maximum atomic E-state index is 13.0. The van der Waals surface area contributed by atoms with E-state index in [-0.39, 0.29) is 16.5 Å². The molecule has 1 aliphatic heterocycles. The Morgan fingerprint density at radius 2 is 1.94 bits per heavy atom. The van der Waals surface area contributed by atoms with Crippen LogP contribution in [-0.4, -0.2) is 20.4 Å². The van der Waals surface area contributed by atoms with Crippen LogP contribution in [0.1, 0.15) is 37.7 Å². The lowest BCUT2D eigenvalue weighted by Gasteiger charge is -2.20. The van der Waals surface area contributed by atoms with Crippen LogP contribution in [0.25, 0.3) is 6.08 Å². The molecule has 2 aliphatic rings. The zero-order valence-corrected chi connectivity index (χ0v) is 19.7. The van der Waals surface area contributed by atoms with Crippen molar-refractivity contribution in [1.29, 1.82) is 0 Å². The van der Waals surface area contributed by atoms with E-state index in [1.165, 1.54) is 30.2 Å². The fourth-order valence-corrected chi connectivity index (χ4v) is 6.52. The number of nitro benzene ring substituents is 1. The summed E-state index contributed by atoms with van der Waals surface area (Å²) in [6.45, 7) is 0. The Hall–Kier alpha value is -1.87. The standard InChI is InChI=1S/C22H19ClN2O3S3/c23-16-8-4-5-9-17(16)24-21(26)20(31-22(24)29)13-14-10-11-19(18(12-14)25(27)28)30-15-6-2-1-3-7-15/h4-5,8-13,15H,1-3,6-7H2. The molecule has 1 aliphatic carbocycles. The summed E-state index contributed by atoms with van der Waals surface area (Å²) in [6.07, 6.45) is 7.43. The van der Waals surface area contributed by atoms with Gasteiger partial charge in [0.1, 0.15) is 0 Å². The first-order chi connectivity index (χ1) is 14.9. The fraction of sp³-hybridized carbons (Fsp3) is 0.273. The van der Waals surface area contributed by atoms with E-state index < -0.39 is 0 Å². The van der Waals surface area contributed by atoms with Crippen LogP contribution in [0.4, 0.5) is 11.4 Å². The number of amides is 1. The number of hydrogen-bond acceptors (Lipinski definition) is 6. The van der Waals surface area contributed by atoms with Crippen molar-refractivity contribution in [3.05, 3.63) is 68.1 Å². The van der Waals surface area contributed by atoms with Gasteiger partial charge in [-0.2, -0.15) is 0 Å². The average molecular weight is 491 g/mol. The zero-order chi connectivity index (χ0) is 22.0. The Morgan fingerprint density at radius 3 is 2.65 bits per heavy atom. The number of anilines is 1. The fourth-order valence-electron chi connectivity index (χ4n) is 3.69. The molecule has 2 aromatic carbocycles. The summed E-state index contributed by atoms with van der Waals surface area (Å²) < 4.78 is 0.378. The number of carbonyl (C=O) groups is 1. The van der Waals surface area contributed by atoms with E-state index in [9.17, 15) is 14.9 Å². The number of thioether (sulfide) groups is 2. The normalized spacial score (nSPS) is 18.7. The van der Waals surface area contributed by atoms with Crippen LogP contribution >= 0.6 is 47.3 Å². The van der Waals surface area contributed by atoms with Crippen molar-refractivity contribution < 1.29 is 9.72 Å². The lowest BCUT2D eigenvalue weighted by Crippen LogP contribution is -2.27. The lowest BCUT2D eigenvalue weighted by atomic mass is 10.0. The minimum Gasteiger partial charge on any atom is -0.268 e. The molecule has 31 heavy (non-hydrogen) atoms. The van der Waals surface area contributed by atoms with Crippen molar-refractivity contribution in [2.75, 3.05) is 4.90 Å². The van der Waals surface area contributed by atoms with Gasteiger partial charge in [0.2, 0.25) is 0 Å². The van der Waals surface area contributed by atoms with Gasteiger partial charge in [0.05, 0.1) is 25.4 Å². The number of carbonyl (C=O) groups excluding carboxylic acids is 1. The molecule has 5 nitrogen and oxygen atoms in total. The van der Waals surface area contributed by atoms with E-state index in [0.717, 1.165) is 24.6 Å². The number of halogens is 1. The van der Waals surface area contributed by atoms with Gasteiger partial charge in [-0.05, 0) is 42.7 Å². The first kappa shape index (κ1) is 22.3. The Morgan fingerprint density at radius 1 is 1.19 bits per heavy atom. The number of hydrogen-bond donors (Lipinski definition) is 0. The monoisotopic (exact) mass is 490 g/mol. The highest BCUT2D eigenvalue weighted by Gasteiger charge is 2.34. The summed E-state index contributed by atoms with van der Waals surface area (Å²) in [5, 5.41) is 12.6. The molecule has 0 radical (unpaired) electrons. The molecular formula is C22H19ClN2O3S3. The van der Waals surface area contributed by atoms with Gasteiger partial charge in [-0.3, -0.25) is 19.8 Å². The van der Waals surface area contributed by atoms with Crippen LogP contribution < -0.4 is 4.90 Å². The molecule has 0 bridgehead atoms. The van der Waals surface area contributed by atoms with Gasteiger partial charge >= 0.3 is 0 Å². The molecule has 0 spiro atoms. The molecule has 0 N–H and O–H groups in total. The number of rotatable bonds is 5. The maximum absolute atomic E-state index is 13.0. The molecule has 1 saturated carbocycles. The zero-order valence-electron chi connectivity index (χ0n) is 16.5. The third-order valence-corrected chi connectivity index (χ3v) is 8.24. The highest BCUT2D eigenvalue weighted by Crippen LogP contribution is 2.41. The van der Waals surface area contributed by atoms with Gasteiger partial charge < -0.3 is 0 Å². The third-order valence-electron chi connectivity index (χ3n) is 5.21. The van der Waals surface area contributed by atoms with Crippen molar-refractivity contribution in [3.8, 4) is 0 Å². The van der Waals surface area contributed by atoms with E-state index in [1.807, 2.05) is 6.07 Å². The van der Waals surface area contributed by atoms with Crippen molar-refractivity contribution >= 4 is 75.0 Å². The molecule has 9 heteroatoms. The quantitative estimate of drug-likeness (QED) is 0.193. The number of thiocarbonyl (C=S) groups is 1. The van der Waals surface area contributed by atoms with E-state index >= 15 is 0 Å². The van der Waals surface area contributed by atoms with E-state index in [1.54, 1.807) is 48.2 Å². The summed E-state index contributed by atoms with van der Waals surface area (Å²) >= 11 is 14.4. The molecule has 160 valence electrons. The predicted molar refractivity (Wildman–Crippen MR) is 133 cm³/mol. The first-order valence-electron chi connectivity index (χ1n) is 9.91. The SMILES string of the molecule is O=C1C(=Cc2ccc(SC3CCCCC3)c([N+](=O)[O-])c2)SC(=S)N1c1ccccc1Cl. The molecular weight excluding hydrogens is 472 g/mol. The Balaban J connectivity index is 1.60. The van der Waals surface area contributed by atoms with Gasteiger partial charge in [-0.15, -0.1) is 11.8 Å². The second-order valence-electron chi connectivity index (χ2n) is 7.33. The van der Waals surface area contributed by atoms with Crippen LogP contribution in [0, 0.1) is 10.1 Å². The Labute approximate surface area is 199 Å². The van der Waals surface area contributed by atoms with Gasteiger partial charge in [-0.1, -0.05) is 73.0 Å². The summed E-state index contributed by atoms with van der Waals surface area (Å²) in [5.74, 6) is -0.286. The van der Waals surface area contributed by atoms with Crippen LogP contribution in [0.15, 0.2) is 52.3 Å². The molecule has 2 fully saturated rings. The maximum Gasteiger partial charge on any atom is 0.283 e. The smallest absolute Gasteiger partial charge is 0.268 e. The largest absolute Gasteiger partial charge is 0.283 e. The molecule has 4 rings (SSSR count). The average Bonchev–Trinajstić information content (AvgIpc) is 3.03. The van der Waals surface area contributed by atoms with Crippen molar-refractivity contribution in [2.24, 2.45) is 0 Å². The second-order valence-corrected chi connectivity index (χ2v) is 10.8. The van der Waals surface area contributed by atoms with Gasteiger partial charge in [-0.25, -0.2) is 0 Å². The van der Waals surface area contributed by atoms with Crippen LogP contribution in [0.2, 0.25) is 5.02 Å². The molecule has 1 amide bonds. The summed E-state index contributed by atoms with van der Waals surface area (Å²) in [4.78, 5) is 26.8. The topological polar surface area (TPSA) is 63.4 Å². The van der Waals surface area contributed by atoms with Gasteiger partial charge in [0, 0.05) is 11.3 Å². The van der Waals surface area contributed by atoms with E-state index in [0.29, 0.717) is 35.6 Å². The third kappa shape index (κ3) is 4.98. The Bertz CT molecular complexity index is 1080. The summed E-state index contributed by atoms with van der Waals surface area (Å²) in [6, 6.07) is 12.1. The van der Waals surface area contributed by atoms with Crippen LogP contribution in [0.3, 0.4) is 0 Å². The number of para-hydroxylation sites is 1. The number of benzene rings is 2. The Kier molecular flexibility index (Phi) is 7.01. The number of nitrogens with zero attached hydrogens (tertiary/aromatic N) is 2. The molecule has 1 heterocycles. The predicted octanol–water partition coefficient (Wildman–Crippen LogP) is 7.08. The summed E-state index contributed by atoms with van der Waals surface area (Å²) in [5.41, 5.74) is 1.20. The highest BCUT2D eigenvalue weighted by atomic mass is 35.5. The number of nitro groups is 1. The minimum atomic E-state index is -0.350. The van der Waals surface area contributed by atoms with E-state index in [2.05, 4.69) is 0 Å². The molecule has 0 unspecified atom stereocenters. The molecule has 2 aromatic rings. The van der Waals surface area contributed by atoms with Crippen LogP contribution in [-0.2, 0) is 4.79 Å². The van der Waals surface area contributed by atoms with Crippen molar-refractivity contribution in [2.45, 2.75) is 42.2 Å². The van der Waals surface area contributed by atoms with Crippen molar-refractivity contribution in [3.63, 3.8) is 0 Å². The van der Waals surface area contributed by atoms with Gasteiger partial charge in [0.15, 0.2) is 4.32 Å². The van der Waals surface area contributed by atoms with Gasteiger partial charge in [0.25, 0.3) is 11.6 Å². The first-order valence-corrected chi connectivity index (χ1v) is 12.4. The molecule has 1 saturated heterocycles. The highest BCUT2D eigenvalue weighted by molar-refractivity contribution is 8.27. The molecule has 0 aromatic heterocycles. The summed E-state index contributed by atoms with van der Waals surface area (Å²) in [7, 11) is 0. The minimum absolute atomic E-state index is 0.0749. The second kappa shape index (κ2) is 9.73. The van der Waals surface area contributed by atoms with Crippen molar-refractivity contribution in [1.82, 2.24) is 0 Å².